The molecule has 0 saturated carbocycles. The van der Waals surface area contributed by atoms with Gasteiger partial charge in [-0.05, 0) is 35.9 Å². The summed E-state index contributed by atoms with van der Waals surface area (Å²) in [4.78, 5) is 15.9. The van der Waals surface area contributed by atoms with E-state index in [0.29, 0.717) is 23.7 Å². The number of ether oxygens (including phenoxy) is 1. The zero-order valence-electron chi connectivity index (χ0n) is 10.6. The van der Waals surface area contributed by atoms with Crippen LogP contribution in [0.15, 0.2) is 42.6 Å². The Morgan fingerprint density at radius 2 is 2.05 bits per heavy atom. The van der Waals surface area contributed by atoms with Crippen molar-refractivity contribution in [1.29, 1.82) is 0 Å². The number of pyridine rings is 1. The maximum Gasteiger partial charge on any atom is 0.251 e. The highest BCUT2D eigenvalue weighted by Gasteiger charge is 2.05. The van der Waals surface area contributed by atoms with E-state index in [1.165, 1.54) is 0 Å². The maximum atomic E-state index is 11.9. The fraction of sp³-hybridized carbons (Fsp3) is 0.143. The average molecular weight is 257 g/mol. The summed E-state index contributed by atoms with van der Waals surface area (Å²) in [5.74, 6) is 0.384. The van der Waals surface area contributed by atoms with Gasteiger partial charge in [-0.2, -0.15) is 0 Å². The predicted octanol–water partition coefficient (Wildman–Crippen LogP) is 1.60. The molecule has 1 heterocycles. The molecule has 0 spiro atoms. The van der Waals surface area contributed by atoms with Crippen LogP contribution in [0.3, 0.4) is 0 Å². The lowest BCUT2D eigenvalue weighted by Gasteiger charge is -2.06. The lowest BCUT2D eigenvalue weighted by Crippen LogP contribution is -2.22. The highest BCUT2D eigenvalue weighted by atomic mass is 16.5. The summed E-state index contributed by atoms with van der Waals surface area (Å²) in [5, 5.41) is 2.82. The molecule has 0 aliphatic heterocycles. The van der Waals surface area contributed by atoms with Crippen LogP contribution in [0.1, 0.15) is 15.9 Å². The lowest BCUT2D eigenvalue weighted by atomic mass is 10.2. The molecule has 1 aromatic heterocycles. The van der Waals surface area contributed by atoms with Gasteiger partial charge in [0.25, 0.3) is 5.91 Å². The van der Waals surface area contributed by atoms with E-state index in [1.807, 2.05) is 6.07 Å². The van der Waals surface area contributed by atoms with Gasteiger partial charge in [-0.25, -0.2) is 4.98 Å². The minimum absolute atomic E-state index is 0.143. The van der Waals surface area contributed by atoms with Crippen molar-refractivity contribution in [3.63, 3.8) is 0 Å². The summed E-state index contributed by atoms with van der Waals surface area (Å²) in [6.45, 7) is 0.419. The third kappa shape index (κ3) is 3.45. The van der Waals surface area contributed by atoms with Gasteiger partial charge in [0.15, 0.2) is 0 Å². The Bertz CT molecular complexity index is 567. The molecule has 2 aromatic rings. The largest absolute Gasteiger partial charge is 0.481 e. The average Bonchev–Trinajstić information content (AvgIpc) is 2.46. The molecule has 0 atom stereocenters. The van der Waals surface area contributed by atoms with Crippen molar-refractivity contribution < 1.29 is 9.53 Å². The molecule has 0 bridgehead atoms. The summed E-state index contributed by atoms with van der Waals surface area (Å²) in [5.41, 5.74) is 7.71. The number of methoxy groups -OCH3 is 1. The monoisotopic (exact) mass is 257 g/mol. The number of nitrogens with one attached hydrogen (secondary N) is 1. The first-order valence-corrected chi connectivity index (χ1v) is 5.81. The van der Waals surface area contributed by atoms with E-state index in [9.17, 15) is 4.79 Å². The second kappa shape index (κ2) is 5.86. The number of carbonyl (C=O) groups is 1. The number of hydrogen-bond acceptors (Lipinski definition) is 4. The maximum absolute atomic E-state index is 11.9. The summed E-state index contributed by atoms with van der Waals surface area (Å²) >= 11 is 0. The second-order valence-corrected chi connectivity index (χ2v) is 4.01. The molecule has 5 heteroatoms. The molecule has 98 valence electrons. The summed E-state index contributed by atoms with van der Waals surface area (Å²) in [6.07, 6.45) is 1.64. The van der Waals surface area contributed by atoms with E-state index in [1.54, 1.807) is 43.6 Å². The topological polar surface area (TPSA) is 77.2 Å². The molecule has 5 nitrogen and oxygen atoms in total. The molecule has 2 rings (SSSR count). The number of benzene rings is 1. The molecule has 1 aromatic carbocycles. The van der Waals surface area contributed by atoms with E-state index in [0.717, 1.165) is 5.56 Å². The molecule has 19 heavy (non-hydrogen) atoms. The van der Waals surface area contributed by atoms with Crippen molar-refractivity contribution in [3.05, 3.63) is 53.7 Å². The normalized spacial score (nSPS) is 9.95. The Balaban J connectivity index is 1.98. The molecule has 0 radical (unpaired) electrons. The molecule has 0 saturated heterocycles. The Kier molecular flexibility index (Phi) is 3.97. The SMILES string of the molecule is COc1cc(CNC(=O)c2ccc(N)cc2)ccn1. The highest BCUT2D eigenvalue weighted by molar-refractivity contribution is 5.94. The Morgan fingerprint density at radius 1 is 1.32 bits per heavy atom. The van der Waals surface area contributed by atoms with Crippen molar-refractivity contribution in [3.8, 4) is 5.88 Å². The van der Waals surface area contributed by atoms with Crippen LogP contribution < -0.4 is 15.8 Å². The fourth-order valence-electron chi connectivity index (χ4n) is 1.59. The smallest absolute Gasteiger partial charge is 0.251 e. The Hall–Kier alpha value is -2.56. The van der Waals surface area contributed by atoms with Crippen molar-refractivity contribution >= 4 is 11.6 Å². The third-order valence-electron chi connectivity index (χ3n) is 2.63. The molecule has 0 fully saturated rings. The van der Waals surface area contributed by atoms with E-state index < -0.39 is 0 Å². The molecular weight excluding hydrogens is 242 g/mol. The zero-order valence-corrected chi connectivity index (χ0v) is 10.6. The van der Waals surface area contributed by atoms with Gasteiger partial charge in [-0.3, -0.25) is 4.79 Å². The molecule has 1 amide bonds. The van der Waals surface area contributed by atoms with E-state index in [-0.39, 0.29) is 5.91 Å². The van der Waals surface area contributed by atoms with Crippen molar-refractivity contribution in [2.24, 2.45) is 0 Å². The predicted molar refractivity (Wildman–Crippen MR) is 72.8 cm³/mol. The second-order valence-electron chi connectivity index (χ2n) is 4.01. The minimum Gasteiger partial charge on any atom is -0.481 e. The molecule has 0 unspecified atom stereocenters. The van der Waals surface area contributed by atoms with Gasteiger partial charge in [0.05, 0.1) is 7.11 Å². The quantitative estimate of drug-likeness (QED) is 0.816. The van der Waals surface area contributed by atoms with Gasteiger partial charge in [-0.1, -0.05) is 0 Å². The van der Waals surface area contributed by atoms with Gasteiger partial charge in [0.1, 0.15) is 0 Å². The first-order valence-electron chi connectivity index (χ1n) is 5.81. The summed E-state index contributed by atoms with van der Waals surface area (Å²) in [7, 11) is 1.55. The number of aromatic nitrogens is 1. The van der Waals surface area contributed by atoms with Crippen LogP contribution in [0, 0.1) is 0 Å². The molecule has 3 N–H and O–H groups in total. The third-order valence-corrected chi connectivity index (χ3v) is 2.63. The van der Waals surface area contributed by atoms with Crippen molar-refractivity contribution in [1.82, 2.24) is 10.3 Å². The van der Waals surface area contributed by atoms with Crippen molar-refractivity contribution in [2.75, 3.05) is 12.8 Å². The van der Waals surface area contributed by atoms with Crippen LogP contribution in [0.25, 0.3) is 0 Å². The van der Waals surface area contributed by atoms with Gasteiger partial charge in [0.2, 0.25) is 5.88 Å². The zero-order chi connectivity index (χ0) is 13.7. The van der Waals surface area contributed by atoms with Crippen molar-refractivity contribution in [2.45, 2.75) is 6.54 Å². The number of nitrogen functional groups attached to an aromatic ring is 1. The summed E-state index contributed by atoms with van der Waals surface area (Å²) < 4.78 is 5.02. The number of anilines is 1. The standard InChI is InChI=1S/C14H15N3O2/c1-19-13-8-10(6-7-16-13)9-17-14(18)11-2-4-12(15)5-3-11/h2-8H,9,15H2,1H3,(H,17,18). The van der Waals surface area contributed by atoms with Crippen LogP contribution in [-0.2, 0) is 6.54 Å². The van der Waals surface area contributed by atoms with Crippen LogP contribution in [-0.4, -0.2) is 18.0 Å². The first-order chi connectivity index (χ1) is 9.19. The van der Waals surface area contributed by atoms with Crippen LogP contribution in [0.5, 0.6) is 5.88 Å². The molecule has 0 aliphatic carbocycles. The minimum atomic E-state index is -0.143. The van der Waals surface area contributed by atoms with Gasteiger partial charge < -0.3 is 15.8 Å². The summed E-state index contributed by atoms with van der Waals surface area (Å²) in [6, 6.07) is 10.4. The van der Waals surface area contributed by atoms with E-state index in [2.05, 4.69) is 10.3 Å². The van der Waals surface area contributed by atoms with Gasteiger partial charge >= 0.3 is 0 Å². The Labute approximate surface area is 111 Å². The molecule has 0 aliphatic rings. The number of carbonyl (C=O) groups excluding carboxylic acids is 1. The fourth-order valence-corrected chi connectivity index (χ4v) is 1.59. The number of nitrogens with two attached hydrogens (primary N) is 1. The van der Waals surface area contributed by atoms with Crippen LogP contribution in [0.2, 0.25) is 0 Å². The molecular formula is C14H15N3O2. The first kappa shape index (κ1) is 12.9. The number of nitrogens with zero attached hydrogens (tertiary/aromatic N) is 1. The van der Waals surface area contributed by atoms with Crippen LogP contribution in [0.4, 0.5) is 5.69 Å². The van der Waals surface area contributed by atoms with E-state index in [4.69, 9.17) is 10.5 Å². The number of rotatable bonds is 4. The Morgan fingerprint density at radius 3 is 2.74 bits per heavy atom. The number of amides is 1. The number of hydrogen-bond donors (Lipinski definition) is 2. The van der Waals surface area contributed by atoms with Gasteiger partial charge in [0, 0.05) is 30.1 Å². The highest BCUT2D eigenvalue weighted by Crippen LogP contribution is 2.09. The van der Waals surface area contributed by atoms with E-state index >= 15 is 0 Å². The lowest BCUT2D eigenvalue weighted by molar-refractivity contribution is 0.0951. The van der Waals surface area contributed by atoms with Crippen LogP contribution >= 0.6 is 0 Å². The van der Waals surface area contributed by atoms with Gasteiger partial charge in [-0.15, -0.1) is 0 Å².